The van der Waals surface area contributed by atoms with Crippen molar-refractivity contribution < 1.29 is 0 Å². The smallest absolute Gasteiger partial charge is 0.160 e. The second-order valence-corrected chi connectivity index (χ2v) is 11.3. The Balaban J connectivity index is 1.28. The van der Waals surface area contributed by atoms with Gasteiger partial charge in [0.05, 0.1) is 17.9 Å². The third kappa shape index (κ3) is 7.16. The van der Waals surface area contributed by atoms with Crippen molar-refractivity contribution in [3.05, 3.63) is 193 Å². The lowest BCUT2D eigenvalue weighted by atomic mass is 10.00. The van der Waals surface area contributed by atoms with E-state index in [2.05, 4.69) is 72.8 Å². The first-order chi connectivity index (χ1) is 23.7. The summed E-state index contributed by atoms with van der Waals surface area (Å²) in [7, 11) is 0. The molecule has 0 spiro atoms. The molecule has 0 aliphatic carbocycles. The molecule has 0 radical (unpaired) electrons. The topological polar surface area (TPSA) is 76.5 Å². The molecule has 5 nitrogen and oxygen atoms in total. The zero-order valence-corrected chi connectivity index (χ0v) is 26.3. The number of hydrogen-bond acceptors (Lipinski definition) is 3. The Kier molecular flexibility index (Phi) is 9.01. The van der Waals surface area contributed by atoms with Crippen LogP contribution in [0.25, 0.3) is 45.0 Å². The first-order valence-electron chi connectivity index (χ1n) is 15.9. The van der Waals surface area contributed by atoms with Gasteiger partial charge >= 0.3 is 0 Å². The van der Waals surface area contributed by atoms with E-state index in [0.717, 1.165) is 55.9 Å². The summed E-state index contributed by atoms with van der Waals surface area (Å²) in [6.07, 6.45) is 0. The lowest BCUT2D eigenvalue weighted by Gasteiger charge is -2.11. The Bertz CT molecular complexity index is 2140. The molecule has 0 fully saturated rings. The van der Waals surface area contributed by atoms with Crippen molar-refractivity contribution in [3.63, 3.8) is 0 Å². The number of amidine groups is 2. The first kappa shape index (κ1) is 30.2. The van der Waals surface area contributed by atoms with Crippen molar-refractivity contribution in [3.8, 4) is 45.0 Å². The van der Waals surface area contributed by atoms with E-state index in [-0.39, 0.29) is 0 Å². The Hall–Kier alpha value is -6.46. The van der Waals surface area contributed by atoms with E-state index in [4.69, 9.17) is 25.7 Å². The van der Waals surface area contributed by atoms with Gasteiger partial charge in [-0.15, -0.1) is 0 Å². The van der Waals surface area contributed by atoms with Gasteiger partial charge in [-0.3, -0.25) is 4.99 Å². The van der Waals surface area contributed by atoms with Gasteiger partial charge in [0.2, 0.25) is 0 Å². The van der Waals surface area contributed by atoms with Crippen LogP contribution in [-0.2, 0) is 6.54 Å². The van der Waals surface area contributed by atoms with Gasteiger partial charge < -0.3 is 5.73 Å². The van der Waals surface area contributed by atoms with Crippen LogP contribution in [0.1, 0.15) is 16.7 Å². The zero-order chi connectivity index (χ0) is 32.5. The second-order valence-electron chi connectivity index (χ2n) is 11.3. The third-order valence-corrected chi connectivity index (χ3v) is 7.99. The molecule has 0 aliphatic rings. The molecule has 7 aromatic rings. The van der Waals surface area contributed by atoms with Crippen LogP contribution in [0.3, 0.4) is 0 Å². The van der Waals surface area contributed by atoms with Crippen molar-refractivity contribution in [2.24, 2.45) is 15.7 Å². The van der Waals surface area contributed by atoms with Gasteiger partial charge in [-0.2, -0.15) is 0 Å². The fourth-order valence-corrected chi connectivity index (χ4v) is 5.49. The van der Waals surface area contributed by atoms with E-state index >= 15 is 0 Å². The Morgan fingerprint density at radius 3 is 1.56 bits per heavy atom. The quantitative estimate of drug-likeness (QED) is 0.136. The Morgan fingerprint density at radius 1 is 0.458 bits per heavy atom. The highest BCUT2D eigenvalue weighted by atomic mass is 15.0. The number of aliphatic imine (C=N–C) groups is 2. The van der Waals surface area contributed by atoms with Gasteiger partial charge in [0.15, 0.2) is 11.7 Å². The molecule has 1 heterocycles. The Labute approximate surface area is 280 Å². The summed E-state index contributed by atoms with van der Waals surface area (Å²) in [6.45, 7) is 0.486. The molecule has 7 rings (SSSR count). The minimum absolute atomic E-state index is 0.416. The molecule has 0 unspecified atom stereocenters. The number of hydrogen-bond donors (Lipinski definition) is 1. The first-order valence-corrected chi connectivity index (χ1v) is 15.9. The average Bonchev–Trinajstić information content (AvgIpc) is 3.18. The minimum Gasteiger partial charge on any atom is -0.383 e. The number of nitrogens with zero attached hydrogens (tertiary/aromatic N) is 4. The van der Waals surface area contributed by atoms with Crippen molar-refractivity contribution in [1.29, 1.82) is 0 Å². The van der Waals surface area contributed by atoms with Crippen LogP contribution < -0.4 is 5.73 Å². The van der Waals surface area contributed by atoms with E-state index in [1.165, 1.54) is 0 Å². The van der Waals surface area contributed by atoms with E-state index in [1.54, 1.807) is 0 Å². The molecule has 2 N–H and O–H groups in total. The van der Waals surface area contributed by atoms with Gasteiger partial charge in [0, 0.05) is 27.8 Å². The second kappa shape index (κ2) is 14.3. The van der Waals surface area contributed by atoms with Crippen LogP contribution >= 0.6 is 0 Å². The summed E-state index contributed by atoms with van der Waals surface area (Å²) in [5.41, 5.74) is 16.1. The maximum atomic E-state index is 6.50. The molecule has 1 aromatic heterocycles. The molecule has 0 bridgehead atoms. The zero-order valence-electron chi connectivity index (χ0n) is 26.3. The van der Waals surface area contributed by atoms with E-state index < -0.39 is 0 Å². The molecule has 230 valence electrons. The largest absolute Gasteiger partial charge is 0.383 e. The van der Waals surface area contributed by atoms with Gasteiger partial charge in [-0.25, -0.2) is 15.0 Å². The van der Waals surface area contributed by atoms with Crippen LogP contribution in [0.15, 0.2) is 186 Å². The van der Waals surface area contributed by atoms with Crippen LogP contribution in [0.4, 0.5) is 0 Å². The summed E-state index contributed by atoms with van der Waals surface area (Å²) in [4.78, 5) is 19.8. The lowest BCUT2D eigenvalue weighted by molar-refractivity contribution is 1.06. The van der Waals surface area contributed by atoms with Crippen LogP contribution in [0, 0.1) is 0 Å². The van der Waals surface area contributed by atoms with Crippen molar-refractivity contribution in [2.45, 2.75) is 6.54 Å². The molecule has 48 heavy (non-hydrogen) atoms. The van der Waals surface area contributed by atoms with Gasteiger partial charge in [-0.05, 0) is 34.9 Å². The molecule has 0 aliphatic heterocycles. The molecule has 0 saturated heterocycles. The average molecular weight is 620 g/mol. The van der Waals surface area contributed by atoms with E-state index in [9.17, 15) is 0 Å². The van der Waals surface area contributed by atoms with Crippen molar-refractivity contribution >= 4 is 11.7 Å². The van der Waals surface area contributed by atoms with Crippen molar-refractivity contribution in [2.75, 3.05) is 0 Å². The summed E-state index contributed by atoms with van der Waals surface area (Å²) in [5.74, 6) is 1.66. The van der Waals surface area contributed by atoms with Crippen LogP contribution in [0.2, 0.25) is 0 Å². The molecule has 5 heteroatoms. The number of nitrogens with two attached hydrogens (primary N) is 1. The summed E-state index contributed by atoms with van der Waals surface area (Å²) < 4.78 is 0. The highest BCUT2D eigenvalue weighted by Gasteiger charge is 2.13. The Morgan fingerprint density at radius 2 is 0.938 bits per heavy atom. The molecule has 0 amide bonds. The minimum atomic E-state index is 0.416. The van der Waals surface area contributed by atoms with Gasteiger partial charge in [-0.1, -0.05) is 158 Å². The normalized spacial score (nSPS) is 11.8. The third-order valence-electron chi connectivity index (χ3n) is 7.99. The van der Waals surface area contributed by atoms with Gasteiger partial charge in [0.25, 0.3) is 0 Å². The number of aromatic nitrogens is 2. The van der Waals surface area contributed by atoms with E-state index in [0.29, 0.717) is 24.0 Å². The fourth-order valence-electron chi connectivity index (χ4n) is 5.49. The number of rotatable bonds is 8. The van der Waals surface area contributed by atoms with Crippen molar-refractivity contribution in [1.82, 2.24) is 9.97 Å². The predicted octanol–water partition coefficient (Wildman–Crippen LogP) is 9.50. The maximum Gasteiger partial charge on any atom is 0.160 e. The molecule has 0 saturated carbocycles. The fraction of sp³-hybridized carbons (Fsp3) is 0.0233. The number of benzene rings is 6. The van der Waals surface area contributed by atoms with E-state index in [1.807, 2.05) is 103 Å². The molecule has 0 atom stereocenters. The highest BCUT2D eigenvalue weighted by Crippen LogP contribution is 2.30. The summed E-state index contributed by atoms with van der Waals surface area (Å²) in [5, 5.41) is 0. The molecular formula is C43H33N5. The monoisotopic (exact) mass is 619 g/mol. The molecular weight excluding hydrogens is 587 g/mol. The molecule has 6 aromatic carbocycles. The summed E-state index contributed by atoms with van der Waals surface area (Å²) >= 11 is 0. The SMILES string of the molecule is NC(=NC(=NCc1ccccc1)c1cccc(-c2cccc(-c3nc(-c4ccccc4)cc(-c4ccccc4)n3)c2)c1)c1ccccc1. The van der Waals surface area contributed by atoms with Gasteiger partial charge in [0.1, 0.15) is 5.84 Å². The van der Waals surface area contributed by atoms with Crippen LogP contribution in [0.5, 0.6) is 0 Å². The lowest BCUT2D eigenvalue weighted by Crippen LogP contribution is -2.16. The highest BCUT2D eigenvalue weighted by molar-refractivity contribution is 6.11. The maximum absolute atomic E-state index is 6.50. The standard InChI is InChI=1S/C43H33N5/c44-41(34-21-11-4-12-22-34)48-42(45-30-31-15-5-1-6-16-31)37-25-13-23-35(27-37)36-24-14-26-38(28-36)43-46-39(32-17-7-2-8-18-32)29-40(47-43)33-19-9-3-10-20-33/h1-29H,30H2,(H2,44,45,48). The van der Waals surface area contributed by atoms with Crippen LogP contribution in [-0.4, -0.2) is 21.6 Å². The summed E-state index contributed by atoms with van der Waals surface area (Å²) in [6, 6.07) is 59.0. The predicted molar refractivity (Wildman–Crippen MR) is 198 cm³/mol.